The van der Waals surface area contributed by atoms with E-state index in [-0.39, 0.29) is 0 Å². The molecule has 164 valence electrons. The zero-order chi connectivity index (χ0) is 23.1. The topological polar surface area (TPSA) is 52.1 Å². The molecule has 0 N–H and O–H groups in total. The van der Waals surface area contributed by atoms with E-state index in [9.17, 15) is 0 Å². The van der Waals surface area contributed by atoms with Crippen molar-refractivity contribution < 1.29 is 8.94 Å². The SMILES string of the molecule is Cc1ccc2nc(-c3ccc(/C=C/c4ccc(-c5noc6cc(Cl)ccc56)cc4)cc3)oc2c1. The predicted molar refractivity (Wildman–Crippen MR) is 138 cm³/mol. The lowest BCUT2D eigenvalue weighted by atomic mass is 10.0. The second-order valence-corrected chi connectivity index (χ2v) is 8.68. The number of nitrogens with zero attached hydrogens (tertiary/aromatic N) is 2. The summed E-state index contributed by atoms with van der Waals surface area (Å²) in [5.41, 5.74) is 8.48. The summed E-state index contributed by atoms with van der Waals surface area (Å²) in [5.74, 6) is 0.634. The average Bonchev–Trinajstić information content (AvgIpc) is 3.47. The van der Waals surface area contributed by atoms with Crippen LogP contribution in [0.3, 0.4) is 0 Å². The van der Waals surface area contributed by atoms with Gasteiger partial charge in [0.25, 0.3) is 0 Å². The molecule has 6 rings (SSSR count). The molecule has 4 nitrogen and oxygen atoms in total. The Kier molecular flexibility index (Phi) is 5.01. The van der Waals surface area contributed by atoms with Gasteiger partial charge in [0, 0.05) is 27.6 Å². The van der Waals surface area contributed by atoms with Gasteiger partial charge in [0.2, 0.25) is 5.89 Å². The van der Waals surface area contributed by atoms with Gasteiger partial charge in [0.1, 0.15) is 11.2 Å². The zero-order valence-electron chi connectivity index (χ0n) is 18.3. The molecule has 2 heterocycles. The molecule has 0 aliphatic rings. The Hall–Kier alpha value is -4.15. The van der Waals surface area contributed by atoms with E-state index in [1.54, 1.807) is 6.07 Å². The van der Waals surface area contributed by atoms with Crippen LogP contribution in [-0.4, -0.2) is 10.1 Å². The minimum atomic E-state index is 0.632. The molecule has 0 atom stereocenters. The Bertz CT molecular complexity index is 1660. The van der Waals surface area contributed by atoms with Crippen LogP contribution in [0.1, 0.15) is 16.7 Å². The standard InChI is InChI=1S/C29H19ClN2O2/c1-18-2-15-25-27(16-18)33-29(31-25)22-11-7-20(8-12-22)4-3-19-5-9-21(10-6-19)28-24-14-13-23(30)17-26(24)34-32-28/h2-17H,1H3/b4-3+. The van der Waals surface area contributed by atoms with Crippen molar-refractivity contribution in [3.8, 4) is 22.7 Å². The van der Waals surface area contributed by atoms with Crippen LogP contribution >= 0.6 is 11.6 Å². The van der Waals surface area contributed by atoms with Gasteiger partial charge in [-0.15, -0.1) is 0 Å². The molecule has 0 radical (unpaired) electrons. The quantitative estimate of drug-likeness (QED) is 0.246. The summed E-state index contributed by atoms with van der Waals surface area (Å²) in [5, 5.41) is 5.79. The fourth-order valence-electron chi connectivity index (χ4n) is 3.96. The summed E-state index contributed by atoms with van der Waals surface area (Å²) < 4.78 is 11.4. The number of rotatable bonds is 4. The normalized spacial score (nSPS) is 11.7. The molecule has 4 aromatic carbocycles. The van der Waals surface area contributed by atoms with Crippen LogP contribution in [0.4, 0.5) is 0 Å². The van der Waals surface area contributed by atoms with E-state index >= 15 is 0 Å². The van der Waals surface area contributed by atoms with Crippen LogP contribution in [0.15, 0.2) is 93.9 Å². The van der Waals surface area contributed by atoms with Crippen LogP contribution < -0.4 is 0 Å². The molecule has 0 aliphatic heterocycles. The van der Waals surface area contributed by atoms with Gasteiger partial charge in [-0.05, 0) is 60.0 Å². The molecule has 0 fully saturated rings. The highest BCUT2D eigenvalue weighted by Gasteiger charge is 2.11. The van der Waals surface area contributed by atoms with Gasteiger partial charge in [0.15, 0.2) is 11.2 Å². The number of hydrogen-bond donors (Lipinski definition) is 0. The molecule has 0 spiro atoms. The Labute approximate surface area is 201 Å². The van der Waals surface area contributed by atoms with Crippen molar-refractivity contribution in [2.24, 2.45) is 0 Å². The van der Waals surface area contributed by atoms with E-state index in [4.69, 9.17) is 20.5 Å². The molecule has 0 aliphatic carbocycles. The first-order chi connectivity index (χ1) is 16.6. The fraction of sp³-hybridized carbons (Fsp3) is 0.0345. The largest absolute Gasteiger partial charge is 0.436 e. The van der Waals surface area contributed by atoms with E-state index in [0.29, 0.717) is 16.5 Å². The molecule has 5 heteroatoms. The van der Waals surface area contributed by atoms with Crippen LogP contribution in [0.2, 0.25) is 5.02 Å². The lowest BCUT2D eigenvalue weighted by molar-refractivity contribution is 0.459. The number of halogens is 1. The van der Waals surface area contributed by atoms with Crippen molar-refractivity contribution in [3.05, 3.63) is 107 Å². The van der Waals surface area contributed by atoms with E-state index in [0.717, 1.165) is 50.0 Å². The van der Waals surface area contributed by atoms with Gasteiger partial charge >= 0.3 is 0 Å². The van der Waals surface area contributed by atoms with Gasteiger partial charge in [-0.1, -0.05) is 71.4 Å². The molecule has 0 saturated carbocycles. The lowest BCUT2D eigenvalue weighted by Crippen LogP contribution is -1.80. The number of fused-ring (bicyclic) bond motifs is 2. The molecule has 2 aromatic heterocycles. The highest BCUT2D eigenvalue weighted by Crippen LogP contribution is 2.30. The second-order valence-electron chi connectivity index (χ2n) is 8.24. The number of aryl methyl sites for hydroxylation is 1. The summed E-state index contributed by atoms with van der Waals surface area (Å²) >= 11 is 6.04. The van der Waals surface area contributed by atoms with Crippen LogP contribution in [-0.2, 0) is 0 Å². The molecular weight excluding hydrogens is 444 g/mol. The van der Waals surface area contributed by atoms with E-state index in [1.807, 2.05) is 61.5 Å². The van der Waals surface area contributed by atoms with Crippen molar-refractivity contribution >= 4 is 45.8 Å². The highest BCUT2D eigenvalue weighted by atomic mass is 35.5. The maximum absolute atomic E-state index is 6.04. The van der Waals surface area contributed by atoms with Gasteiger partial charge < -0.3 is 8.94 Å². The second kappa shape index (κ2) is 8.32. The van der Waals surface area contributed by atoms with E-state index < -0.39 is 0 Å². The summed E-state index contributed by atoms with van der Waals surface area (Å²) in [4.78, 5) is 4.60. The van der Waals surface area contributed by atoms with Crippen molar-refractivity contribution in [3.63, 3.8) is 0 Å². The minimum Gasteiger partial charge on any atom is -0.436 e. The molecule has 0 saturated heterocycles. The van der Waals surface area contributed by atoms with Crippen molar-refractivity contribution in [2.75, 3.05) is 0 Å². The zero-order valence-corrected chi connectivity index (χ0v) is 19.1. The van der Waals surface area contributed by atoms with Gasteiger partial charge in [0.05, 0.1) is 0 Å². The highest BCUT2D eigenvalue weighted by molar-refractivity contribution is 6.31. The molecule has 0 bridgehead atoms. The molecule has 6 aromatic rings. The van der Waals surface area contributed by atoms with Gasteiger partial charge in [-0.2, -0.15) is 0 Å². The third-order valence-electron chi connectivity index (χ3n) is 5.79. The summed E-state index contributed by atoms with van der Waals surface area (Å²) in [7, 11) is 0. The number of oxazole rings is 1. The molecule has 0 unspecified atom stereocenters. The van der Waals surface area contributed by atoms with E-state index in [1.165, 1.54) is 0 Å². The van der Waals surface area contributed by atoms with Crippen molar-refractivity contribution in [1.82, 2.24) is 10.1 Å². The average molecular weight is 463 g/mol. The van der Waals surface area contributed by atoms with Gasteiger partial charge in [-0.25, -0.2) is 4.98 Å². The fourth-order valence-corrected chi connectivity index (χ4v) is 4.12. The third-order valence-corrected chi connectivity index (χ3v) is 6.02. The molecular formula is C29H19ClN2O2. The molecule has 0 amide bonds. The summed E-state index contributed by atoms with van der Waals surface area (Å²) in [6.45, 7) is 2.04. The Morgan fingerprint density at radius 2 is 1.44 bits per heavy atom. The third kappa shape index (κ3) is 3.89. The maximum atomic E-state index is 6.04. The Morgan fingerprint density at radius 3 is 2.18 bits per heavy atom. The number of benzene rings is 4. The monoisotopic (exact) mass is 462 g/mol. The first-order valence-electron chi connectivity index (χ1n) is 10.9. The lowest BCUT2D eigenvalue weighted by Gasteiger charge is -2.00. The number of hydrogen-bond acceptors (Lipinski definition) is 4. The van der Waals surface area contributed by atoms with Crippen molar-refractivity contribution in [2.45, 2.75) is 6.92 Å². The Balaban J connectivity index is 1.19. The summed E-state index contributed by atoms with van der Waals surface area (Å²) in [6, 6.07) is 28.0. The van der Waals surface area contributed by atoms with E-state index in [2.05, 4.69) is 46.6 Å². The number of aromatic nitrogens is 2. The first kappa shape index (κ1) is 20.5. The first-order valence-corrected chi connectivity index (χ1v) is 11.3. The minimum absolute atomic E-state index is 0.632. The smallest absolute Gasteiger partial charge is 0.227 e. The van der Waals surface area contributed by atoms with Gasteiger partial charge in [-0.3, -0.25) is 0 Å². The van der Waals surface area contributed by atoms with Crippen molar-refractivity contribution in [1.29, 1.82) is 0 Å². The predicted octanol–water partition coefficient (Wildman–Crippen LogP) is 8.44. The maximum Gasteiger partial charge on any atom is 0.227 e. The van der Waals surface area contributed by atoms with Crippen LogP contribution in [0.25, 0.3) is 56.9 Å². The molecule has 34 heavy (non-hydrogen) atoms. The van der Waals surface area contributed by atoms with Crippen LogP contribution in [0.5, 0.6) is 0 Å². The Morgan fingerprint density at radius 1 is 0.735 bits per heavy atom. The summed E-state index contributed by atoms with van der Waals surface area (Å²) in [6.07, 6.45) is 4.17. The van der Waals surface area contributed by atoms with Crippen LogP contribution in [0, 0.1) is 6.92 Å².